The lowest BCUT2D eigenvalue weighted by atomic mass is 10.2. The van der Waals surface area contributed by atoms with Gasteiger partial charge in [-0.2, -0.15) is 11.3 Å². The molecule has 1 aromatic carbocycles. The number of aromatic nitrogens is 1. The van der Waals surface area contributed by atoms with Gasteiger partial charge in [0, 0.05) is 27.0 Å². The molecule has 2 heterocycles. The highest BCUT2D eigenvalue weighted by Crippen LogP contribution is 2.26. The molecule has 112 valence electrons. The van der Waals surface area contributed by atoms with Crippen molar-refractivity contribution in [2.45, 2.75) is 13.3 Å². The van der Waals surface area contributed by atoms with Crippen LogP contribution in [0.15, 0.2) is 40.4 Å². The Bertz CT molecular complexity index is 796. The largest absolute Gasteiger partial charge is 0.326 e. The highest BCUT2D eigenvalue weighted by atomic mass is 35.5. The molecule has 0 bridgehead atoms. The summed E-state index contributed by atoms with van der Waals surface area (Å²) in [6, 6.07) is 7.44. The zero-order valence-corrected chi connectivity index (χ0v) is 14.2. The summed E-state index contributed by atoms with van der Waals surface area (Å²) in [6.07, 6.45) is 0.267. The van der Waals surface area contributed by atoms with Crippen molar-refractivity contribution in [1.82, 2.24) is 4.98 Å². The minimum Gasteiger partial charge on any atom is -0.326 e. The average Bonchev–Trinajstić information content (AvgIpc) is 3.12. The van der Waals surface area contributed by atoms with Crippen LogP contribution in [0.2, 0.25) is 5.02 Å². The molecule has 2 aromatic heterocycles. The number of hydrogen-bond donors (Lipinski definition) is 1. The van der Waals surface area contributed by atoms with E-state index in [1.165, 1.54) is 0 Å². The van der Waals surface area contributed by atoms with Gasteiger partial charge in [0.1, 0.15) is 5.01 Å². The van der Waals surface area contributed by atoms with Crippen LogP contribution in [0.1, 0.15) is 11.3 Å². The number of nitrogens with one attached hydrogen (secondary N) is 1. The fourth-order valence-electron chi connectivity index (χ4n) is 2.03. The molecule has 0 aliphatic rings. The Morgan fingerprint density at radius 2 is 2.18 bits per heavy atom. The van der Waals surface area contributed by atoms with Crippen LogP contribution in [-0.4, -0.2) is 10.9 Å². The van der Waals surface area contributed by atoms with Gasteiger partial charge >= 0.3 is 0 Å². The number of nitrogens with zero attached hydrogens (tertiary/aromatic N) is 1. The second-order valence-corrected chi connectivity index (χ2v) is 6.91. The van der Waals surface area contributed by atoms with Gasteiger partial charge in [-0.3, -0.25) is 4.79 Å². The molecule has 0 aliphatic carbocycles. The van der Waals surface area contributed by atoms with Gasteiger partial charge in [-0.25, -0.2) is 4.98 Å². The van der Waals surface area contributed by atoms with Crippen molar-refractivity contribution in [2.24, 2.45) is 0 Å². The monoisotopic (exact) mass is 348 g/mol. The van der Waals surface area contributed by atoms with Gasteiger partial charge in [-0.1, -0.05) is 11.6 Å². The summed E-state index contributed by atoms with van der Waals surface area (Å²) in [5, 5.41) is 10.5. The summed E-state index contributed by atoms with van der Waals surface area (Å²) in [7, 11) is 0. The number of rotatable bonds is 4. The molecule has 0 unspecified atom stereocenters. The molecule has 3 nitrogen and oxygen atoms in total. The smallest absolute Gasteiger partial charge is 0.230 e. The fraction of sp³-hybridized carbons (Fsp3) is 0.125. The SMILES string of the molecule is Cc1cc(Cl)ccc1NC(=O)Cc1csc(-c2ccsc2)n1. The van der Waals surface area contributed by atoms with E-state index in [0.29, 0.717) is 5.02 Å². The first-order valence-electron chi connectivity index (χ1n) is 6.65. The fourth-order valence-corrected chi connectivity index (χ4v) is 3.79. The number of benzene rings is 1. The van der Waals surface area contributed by atoms with Gasteiger partial charge < -0.3 is 5.32 Å². The van der Waals surface area contributed by atoms with Crippen molar-refractivity contribution in [3.8, 4) is 10.6 Å². The molecule has 6 heteroatoms. The molecule has 0 atom stereocenters. The molecule has 0 spiro atoms. The van der Waals surface area contributed by atoms with Crippen molar-refractivity contribution >= 4 is 45.9 Å². The Hall–Kier alpha value is -1.69. The van der Waals surface area contributed by atoms with Crippen molar-refractivity contribution in [3.05, 3.63) is 56.7 Å². The zero-order chi connectivity index (χ0) is 15.5. The quantitative estimate of drug-likeness (QED) is 0.719. The first-order valence-corrected chi connectivity index (χ1v) is 8.85. The van der Waals surface area contributed by atoms with E-state index in [1.807, 2.05) is 35.9 Å². The van der Waals surface area contributed by atoms with Crippen LogP contribution < -0.4 is 5.32 Å². The van der Waals surface area contributed by atoms with Crippen LogP contribution in [0.25, 0.3) is 10.6 Å². The van der Waals surface area contributed by atoms with Crippen LogP contribution in [0.5, 0.6) is 0 Å². The molecule has 0 saturated carbocycles. The summed E-state index contributed by atoms with van der Waals surface area (Å²) < 4.78 is 0. The van der Waals surface area contributed by atoms with Crippen molar-refractivity contribution in [1.29, 1.82) is 0 Å². The van der Waals surface area contributed by atoms with Gasteiger partial charge in [0.05, 0.1) is 12.1 Å². The number of thiophene rings is 1. The lowest BCUT2D eigenvalue weighted by Gasteiger charge is -2.07. The van der Waals surface area contributed by atoms with Crippen molar-refractivity contribution in [3.63, 3.8) is 0 Å². The summed E-state index contributed by atoms with van der Waals surface area (Å²) in [6.45, 7) is 1.92. The topological polar surface area (TPSA) is 42.0 Å². The predicted octanol–water partition coefficient (Wildman–Crippen LogP) is 5.01. The Balaban J connectivity index is 1.67. The maximum absolute atomic E-state index is 12.1. The average molecular weight is 349 g/mol. The summed E-state index contributed by atoms with van der Waals surface area (Å²) in [4.78, 5) is 16.7. The van der Waals surface area contributed by atoms with E-state index in [4.69, 9.17) is 11.6 Å². The highest BCUT2D eigenvalue weighted by molar-refractivity contribution is 7.14. The van der Waals surface area contributed by atoms with Crippen LogP contribution in [-0.2, 0) is 11.2 Å². The molecule has 1 N–H and O–H groups in total. The van der Waals surface area contributed by atoms with Crippen molar-refractivity contribution in [2.75, 3.05) is 5.32 Å². The van der Waals surface area contributed by atoms with Gasteiger partial charge in [0.2, 0.25) is 5.91 Å². The lowest BCUT2D eigenvalue weighted by molar-refractivity contribution is -0.115. The van der Waals surface area contributed by atoms with Gasteiger partial charge in [0.25, 0.3) is 0 Å². The van der Waals surface area contributed by atoms with E-state index in [9.17, 15) is 4.79 Å². The summed E-state index contributed by atoms with van der Waals surface area (Å²) in [5.74, 6) is -0.0763. The molecule has 22 heavy (non-hydrogen) atoms. The number of hydrogen-bond acceptors (Lipinski definition) is 4. The summed E-state index contributed by atoms with van der Waals surface area (Å²) >= 11 is 9.11. The Morgan fingerprint density at radius 1 is 1.32 bits per heavy atom. The third-order valence-corrected chi connectivity index (χ3v) is 4.98. The minimum absolute atomic E-state index is 0.0763. The number of aryl methyl sites for hydroxylation is 1. The van der Waals surface area contributed by atoms with E-state index < -0.39 is 0 Å². The van der Waals surface area contributed by atoms with E-state index >= 15 is 0 Å². The van der Waals surface area contributed by atoms with Gasteiger partial charge in [-0.15, -0.1) is 11.3 Å². The van der Waals surface area contributed by atoms with E-state index in [-0.39, 0.29) is 12.3 Å². The molecule has 3 rings (SSSR count). The molecule has 1 amide bonds. The Labute approximate surface area is 141 Å². The second kappa shape index (κ2) is 6.60. The molecule has 3 aromatic rings. The van der Waals surface area contributed by atoms with Crippen LogP contribution in [0.3, 0.4) is 0 Å². The molecular formula is C16H13ClN2OS2. The maximum Gasteiger partial charge on any atom is 0.230 e. The third kappa shape index (κ3) is 3.55. The summed E-state index contributed by atoms with van der Waals surface area (Å²) in [5.41, 5.74) is 3.62. The standard InChI is InChI=1S/C16H13ClN2OS2/c1-10-6-12(17)2-3-14(10)19-15(20)7-13-9-22-16(18-13)11-4-5-21-8-11/h2-6,8-9H,7H2,1H3,(H,19,20). The molecule has 0 saturated heterocycles. The maximum atomic E-state index is 12.1. The zero-order valence-electron chi connectivity index (χ0n) is 11.8. The van der Waals surface area contributed by atoms with Crippen molar-refractivity contribution < 1.29 is 4.79 Å². The van der Waals surface area contributed by atoms with E-state index in [0.717, 1.165) is 27.5 Å². The number of carbonyl (C=O) groups excluding carboxylic acids is 1. The van der Waals surface area contributed by atoms with Gasteiger partial charge in [-0.05, 0) is 42.1 Å². The lowest BCUT2D eigenvalue weighted by Crippen LogP contribution is -2.15. The minimum atomic E-state index is -0.0763. The number of anilines is 1. The van der Waals surface area contributed by atoms with Crippen LogP contribution >= 0.6 is 34.3 Å². The Morgan fingerprint density at radius 3 is 2.91 bits per heavy atom. The first kappa shape index (κ1) is 15.2. The normalized spacial score (nSPS) is 10.6. The first-order chi connectivity index (χ1) is 10.6. The number of thiazole rings is 1. The molecule has 0 aliphatic heterocycles. The second-order valence-electron chi connectivity index (χ2n) is 4.84. The molecule has 0 fully saturated rings. The number of amides is 1. The van der Waals surface area contributed by atoms with Crippen LogP contribution in [0, 0.1) is 6.92 Å². The van der Waals surface area contributed by atoms with E-state index in [2.05, 4.69) is 15.7 Å². The third-order valence-electron chi connectivity index (χ3n) is 3.12. The number of carbonyl (C=O) groups is 1. The molecule has 0 radical (unpaired) electrons. The van der Waals surface area contributed by atoms with Crippen LogP contribution in [0.4, 0.5) is 5.69 Å². The number of halogens is 1. The molecular weight excluding hydrogens is 336 g/mol. The Kier molecular flexibility index (Phi) is 4.57. The van der Waals surface area contributed by atoms with Gasteiger partial charge in [0.15, 0.2) is 0 Å². The van der Waals surface area contributed by atoms with E-state index in [1.54, 1.807) is 28.7 Å². The predicted molar refractivity (Wildman–Crippen MR) is 93.9 cm³/mol. The highest BCUT2D eigenvalue weighted by Gasteiger charge is 2.10.